The van der Waals surface area contributed by atoms with E-state index >= 15 is 0 Å². The van der Waals surface area contributed by atoms with Gasteiger partial charge in [-0.1, -0.05) is 6.07 Å². The maximum Gasteiger partial charge on any atom is 0.242 e. The lowest BCUT2D eigenvalue weighted by Gasteiger charge is -2.33. The van der Waals surface area contributed by atoms with Gasteiger partial charge in [0, 0.05) is 25.6 Å². The summed E-state index contributed by atoms with van der Waals surface area (Å²) in [6.07, 6.45) is 1.74. The number of fused-ring (bicyclic) bond motifs is 1. The number of rotatable bonds is 10. The number of halogens is 1. The van der Waals surface area contributed by atoms with Crippen molar-refractivity contribution in [2.75, 3.05) is 32.4 Å². The van der Waals surface area contributed by atoms with Crippen molar-refractivity contribution in [2.45, 2.75) is 52.8 Å². The summed E-state index contributed by atoms with van der Waals surface area (Å²) < 4.78 is 22.4. The first-order valence-corrected chi connectivity index (χ1v) is 12.5. The van der Waals surface area contributed by atoms with Gasteiger partial charge in [0.05, 0.1) is 24.6 Å². The third-order valence-corrected chi connectivity index (χ3v) is 6.95. The van der Waals surface area contributed by atoms with E-state index in [4.69, 9.17) is 30.2 Å². The summed E-state index contributed by atoms with van der Waals surface area (Å²) in [7, 11) is 0. The van der Waals surface area contributed by atoms with E-state index in [9.17, 15) is 9.59 Å². The number of hydrogen-bond donors (Lipinski definition) is 0. The second-order valence-corrected chi connectivity index (χ2v) is 10.1. The molecule has 2 aliphatic rings. The highest BCUT2D eigenvalue weighted by Gasteiger charge is 2.35. The molecule has 0 N–H and O–H groups in total. The van der Waals surface area contributed by atoms with Crippen LogP contribution in [0.4, 0.5) is 0 Å². The quantitative estimate of drug-likeness (QED) is 0.453. The van der Waals surface area contributed by atoms with Crippen LogP contribution in [0.5, 0.6) is 11.5 Å². The lowest BCUT2D eigenvalue weighted by atomic mass is 9.94. The molecule has 1 saturated heterocycles. The Morgan fingerprint density at radius 3 is 2.57 bits per heavy atom. The lowest BCUT2D eigenvalue weighted by molar-refractivity contribution is -0.147. The Morgan fingerprint density at radius 1 is 1.09 bits per heavy atom. The number of carbonyl (C=O) groups is 2. The Morgan fingerprint density at radius 2 is 1.89 bits per heavy atom. The van der Waals surface area contributed by atoms with E-state index in [1.54, 1.807) is 23.6 Å². The van der Waals surface area contributed by atoms with Crippen LogP contribution >= 0.6 is 11.6 Å². The maximum atomic E-state index is 13.7. The zero-order valence-corrected chi connectivity index (χ0v) is 21.3. The SMILES string of the molecule is Cc1ccc(CN(Cc2ccc3c(c2)OCO3)C(=O)CN(CC2CCCO2)C(=O)C(C)(C)CCl)o1. The number of hydrogen-bond acceptors (Lipinski definition) is 6. The van der Waals surface area contributed by atoms with Crippen LogP contribution in [0.25, 0.3) is 0 Å². The first-order chi connectivity index (χ1) is 16.7. The van der Waals surface area contributed by atoms with E-state index in [1.807, 2.05) is 37.3 Å². The van der Waals surface area contributed by atoms with Gasteiger partial charge in [-0.15, -0.1) is 11.6 Å². The molecular weight excluding hydrogens is 472 g/mol. The summed E-state index contributed by atoms with van der Waals surface area (Å²) in [6.45, 7) is 7.22. The summed E-state index contributed by atoms with van der Waals surface area (Å²) in [5.74, 6) is 2.60. The number of benzene rings is 1. The molecule has 0 bridgehead atoms. The smallest absolute Gasteiger partial charge is 0.242 e. The summed E-state index contributed by atoms with van der Waals surface area (Å²) in [6, 6.07) is 9.36. The van der Waals surface area contributed by atoms with E-state index < -0.39 is 5.41 Å². The van der Waals surface area contributed by atoms with Crippen LogP contribution in [0.1, 0.15) is 43.8 Å². The number of ether oxygens (including phenoxy) is 3. The van der Waals surface area contributed by atoms with Crippen LogP contribution in [0.15, 0.2) is 34.7 Å². The van der Waals surface area contributed by atoms with Gasteiger partial charge >= 0.3 is 0 Å². The number of amides is 2. The van der Waals surface area contributed by atoms with Gasteiger partial charge < -0.3 is 28.4 Å². The Bertz CT molecular complexity index is 1050. The molecule has 4 rings (SSSR count). The average Bonchev–Trinajstić information content (AvgIpc) is 3.60. The highest BCUT2D eigenvalue weighted by Crippen LogP contribution is 2.33. The molecule has 1 atom stereocenters. The van der Waals surface area contributed by atoms with E-state index in [2.05, 4.69) is 0 Å². The van der Waals surface area contributed by atoms with Crippen LogP contribution < -0.4 is 9.47 Å². The first-order valence-electron chi connectivity index (χ1n) is 11.9. The summed E-state index contributed by atoms with van der Waals surface area (Å²) in [4.78, 5) is 30.3. The molecule has 1 aromatic heterocycles. The van der Waals surface area contributed by atoms with Gasteiger partial charge in [0.2, 0.25) is 18.6 Å². The second kappa shape index (κ2) is 10.9. The normalized spacial score (nSPS) is 17.0. The van der Waals surface area contributed by atoms with Gasteiger partial charge in [0.25, 0.3) is 0 Å². The monoisotopic (exact) mass is 504 g/mol. The van der Waals surface area contributed by atoms with Crippen molar-refractivity contribution in [3.8, 4) is 11.5 Å². The number of furan rings is 1. The zero-order chi connectivity index (χ0) is 25.0. The molecule has 0 aliphatic carbocycles. The maximum absolute atomic E-state index is 13.7. The minimum atomic E-state index is -0.791. The number of alkyl halides is 1. The van der Waals surface area contributed by atoms with Gasteiger partial charge in [-0.3, -0.25) is 9.59 Å². The van der Waals surface area contributed by atoms with Crippen molar-refractivity contribution < 1.29 is 28.2 Å². The second-order valence-electron chi connectivity index (χ2n) is 9.79. The highest BCUT2D eigenvalue weighted by atomic mass is 35.5. The third kappa shape index (κ3) is 6.30. The predicted octanol–water partition coefficient (Wildman–Crippen LogP) is 4.12. The van der Waals surface area contributed by atoms with Gasteiger partial charge in [0.1, 0.15) is 11.5 Å². The fraction of sp³-hybridized carbons (Fsp3) is 0.538. The van der Waals surface area contributed by atoms with Crippen molar-refractivity contribution in [3.05, 3.63) is 47.4 Å². The van der Waals surface area contributed by atoms with Crippen LogP contribution in [0, 0.1) is 12.3 Å². The standard InChI is InChI=1S/C26H33ClN2O6/c1-18-6-8-21(35-18)14-28(12-19-7-9-22-23(11-19)34-17-33-22)24(30)15-29(13-20-5-4-10-32-20)25(31)26(2,3)16-27/h6-9,11,20H,4-5,10,12-17H2,1-3H3. The summed E-state index contributed by atoms with van der Waals surface area (Å²) in [5, 5.41) is 0. The molecule has 1 unspecified atom stereocenters. The Labute approximate surface area is 211 Å². The van der Waals surface area contributed by atoms with Crippen molar-refractivity contribution in [2.24, 2.45) is 5.41 Å². The lowest BCUT2D eigenvalue weighted by Crippen LogP contribution is -2.49. The Hall–Kier alpha value is -2.71. The molecule has 2 aromatic rings. The average molecular weight is 505 g/mol. The molecule has 3 heterocycles. The predicted molar refractivity (Wildman–Crippen MR) is 130 cm³/mol. The molecular formula is C26H33ClN2O6. The molecule has 1 aromatic carbocycles. The minimum absolute atomic E-state index is 0.0662. The van der Waals surface area contributed by atoms with Crippen LogP contribution in [-0.2, 0) is 27.4 Å². The van der Waals surface area contributed by atoms with Crippen LogP contribution in [0.3, 0.4) is 0 Å². The Balaban J connectivity index is 1.54. The number of carbonyl (C=O) groups excluding carboxylic acids is 2. The van der Waals surface area contributed by atoms with Crippen molar-refractivity contribution in [1.82, 2.24) is 9.80 Å². The van der Waals surface area contributed by atoms with Crippen molar-refractivity contribution >= 4 is 23.4 Å². The molecule has 8 nitrogen and oxygen atoms in total. The van der Waals surface area contributed by atoms with Gasteiger partial charge in [-0.05, 0) is 63.4 Å². The van der Waals surface area contributed by atoms with E-state index in [0.717, 1.165) is 24.2 Å². The third-order valence-electron chi connectivity index (χ3n) is 6.28. The highest BCUT2D eigenvalue weighted by molar-refractivity contribution is 6.19. The zero-order valence-electron chi connectivity index (χ0n) is 20.5. The fourth-order valence-electron chi connectivity index (χ4n) is 4.25. The molecule has 2 amide bonds. The van der Waals surface area contributed by atoms with E-state index in [1.165, 1.54) is 0 Å². The molecule has 1 fully saturated rings. The molecule has 0 spiro atoms. The minimum Gasteiger partial charge on any atom is -0.464 e. The van der Waals surface area contributed by atoms with Gasteiger partial charge in [-0.2, -0.15) is 0 Å². The molecule has 190 valence electrons. The fourth-order valence-corrected chi connectivity index (χ4v) is 4.37. The first kappa shape index (κ1) is 25.4. The summed E-state index contributed by atoms with van der Waals surface area (Å²) in [5.41, 5.74) is 0.102. The Kier molecular flexibility index (Phi) is 7.91. The van der Waals surface area contributed by atoms with E-state index in [0.29, 0.717) is 37.0 Å². The largest absolute Gasteiger partial charge is 0.464 e. The number of nitrogens with zero attached hydrogens (tertiary/aromatic N) is 2. The molecule has 35 heavy (non-hydrogen) atoms. The van der Waals surface area contributed by atoms with Crippen LogP contribution in [0.2, 0.25) is 0 Å². The topological polar surface area (TPSA) is 81.5 Å². The summed E-state index contributed by atoms with van der Waals surface area (Å²) >= 11 is 6.10. The van der Waals surface area contributed by atoms with Crippen molar-refractivity contribution in [1.29, 1.82) is 0 Å². The number of aryl methyl sites for hydroxylation is 1. The van der Waals surface area contributed by atoms with Gasteiger partial charge in [-0.25, -0.2) is 0 Å². The van der Waals surface area contributed by atoms with Crippen molar-refractivity contribution in [3.63, 3.8) is 0 Å². The molecule has 0 radical (unpaired) electrons. The molecule has 9 heteroatoms. The van der Waals surface area contributed by atoms with Gasteiger partial charge in [0.15, 0.2) is 11.5 Å². The van der Waals surface area contributed by atoms with Crippen LogP contribution in [-0.4, -0.2) is 60.1 Å². The molecule has 0 saturated carbocycles. The van der Waals surface area contributed by atoms with E-state index in [-0.39, 0.29) is 43.7 Å². The molecule has 2 aliphatic heterocycles.